The number of hydrogen-bond acceptors (Lipinski definition) is 2. The van der Waals surface area contributed by atoms with E-state index < -0.39 is 0 Å². The van der Waals surface area contributed by atoms with Gasteiger partial charge in [0.2, 0.25) is 0 Å². The summed E-state index contributed by atoms with van der Waals surface area (Å²) in [6.45, 7) is 19.1. The van der Waals surface area contributed by atoms with Gasteiger partial charge in [-0.3, -0.25) is 0 Å². The Morgan fingerprint density at radius 2 is 1.68 bits per heavy atom. The molecule has 25 heavy (non-hydrogen) atoms. The van der Waals surface area contributed by atoms with Crippen LogP contribution >= 0.6 is 0 Å². The summed E-state index contributed by atoms with van der Waals surface area (Å²) >= 11 is 0. The minimum atomic E-state index is -0.143. The van der Waals surface area contributed by atoms with Gasteiger partial charge < -0.3 is 9.47 Å². The monoisotopic (exact) mass is 348 g/mol. The number of ether oxygens (including phenoxy) is 2. The maximum atomic E-state index is 6.24. The van der Waals surface area contributed by atoms with Gasteiger partial charge in [-0.2, -0.15) is 0 Å². The van der Waals surface area contributed by atoms with E-state index in [1.54, 1.807) is 0 Å². The summed E-state index contributed by atoms with van der Waals surface area (Å²) in [5, 5.41) is 0. The first kappa shape index (κ1) is 20.7. The molecule has 0 saturated carbocycles. The zero-order valence-corrected chi connectivity index (χ0v) is 17.9. The van der Waals surface area contributed by atoms with Crippen LogP contribution < -0.4 is 0 Å². The number of rotatable bonds is 6. The third kappa shape index (κ3) is 6.25. The van der Waals surface area contributed by atoms with E-state index in [1.807, 2.05) is 0 Å². The summed E-state index contributed by atoms with van der Waals surface area (Å²) in [6, 6.07) is 0. The van der Waals surface area contributed by atoms with E-state index in [9.17, 15) is 0 Å². The first-order valence-corrected chi connectivity index (χ1v) is 10.0. The van der Waals surface area contributed by atoms with Crippen molar-refractivity contribution in [2.24, 2.45) is 10.8 Å². The number of hydrogen-bond donors (Lipinski definition) is 0. The fourth-order valence-electron chi connectivity index (χ4n) is 4.08. The maximum absolute atomic E-state index is 6.24. The molecule has 2 nitrogen and oxygen atoms in total. The predicted molar refractivity (Wildman–Crippen MR) is 107 cm³/mol. The SMILES string of the molecule is CC(C)(/C=C1/CC(C)(C)OC1(C)C)CCC(C)(C)/C=C/C1CCCO1. The molecule has 2 heterocycles. The normalized spacial score (nSPS) is 28.3. The van der Waals surface area contributed by atoms with Crippen molar-refractivity contribution in [3.05, 3.63) is 23.8 Å². The summed E-state index contributed by atoms with van der Waals surface area (Å²) in [5.41, 5.74) is 1.66. The summed E-state index contributed by atoms with van der Waals surface area (Å²) in [5.74, 6) is 0. The summed E-state index contributed by atoms with van der Waals surface area (Å²) < 4.78 is 12.0. The van der Waals surface area contributed by atoms with Gasteiger partial charge in [0.15, 0.2) is 0 Å². The van der Waals surface area contributed by atoms with E-state index >= 15 is 0 Å². The van der Waals surface area contributed by atoms with E-state index in [0.29, 0.717) is 6.10 Å². The fraction of sp³-hybridized carbons (Fsp3) is 0.826. The first-order chi connectivity index (χ1) is 11.3. The van der Waals surface area contributed by atoms with Crippen molar-refractivity contribution in [3.63, 3.8) is 0 Å². The Morgan fingerprint density at radius 1 is 1.04 bits per heavy atom. The van der Waals surface area contributed by atoms with Gasteiger partial charge in [-0.05, 0) is 76.2 Å². The summed E-state index contributed by atoms with van der Waals surface area (Å²) in [7, 11) is 0. The molecule has 0 radical (unpaired) electrons. The molecular formula is C23H40O2. The molecule has 0 aromatic rings. The van der Waals surface area contributed by atoms with Crippen molar-refractivity contribution in [1.82, 2.24) is 0 Å². The van der Waals surface area contributed by atoms with Crippen LogP contribution in [-0.2, 0) is 9.47 Å². The second-order valence-corrected chi connectivity index (χ2v) is 10.6. The molecule has 0 aromatic carbocycles. The van der Waals surface area contributed by atoms with Gasteiger partial charge in [-0.1, -0.05) is 45.9 Å². The maximum Gasteiger partial charge on any atom is 0.0844 e. The predicted octanol–water partition coefficient (Wildman–Crippen LogP) is 6.46. The van der Waals surface area contributed by atoms with E-state index in [2.05, 4.69) is 73.6 Å². The fourth-order valence-corrected chi connectivity index (χ4v) is 4.08. The Balaban J connectivity index is 1.97. The molecule has 2 rings (SSSR count). The molecule has 0 spiro atoms. The second kappa shape index (κ2) is 7.19. The third-order valence-electron chi connectivity index (χ3n) is 5.63. The standard InChI is InChI=1S/C23H40O2/c1-20(2,12-11-19-10-9-15-24-19)13-14-21(3,4)16-18-17-22(5,6)25-23(18,7)8/h11-12,16,19H,9-10,13-15,17H2,1-8H3/b12-11+,18-16-. The zero-order valence-electron chi connectivity index (χ0n) is 17.9. The highest BCUT2D eigenvalue weighted by atomic mass is 16.5. The molecule has 2 saturated heterocycles. The molecule has 2 aliphatic rings. The van der Waals surface area contributed by atoms with Gasteiger partial charge in [0.25, 0.3) is 0 Å². The Kier molecular flexibility index (Phi) is 5.96. The smallest absolute Gasteiger partial charge is 0.0844 e. The zero-order chi connectivity index (χ0) is 18.9. The van der Waals surface area contributed by atoms with Gasteiger partial charge in [-0.25, -0.2) is 0 Å². The summed E-state index contributed by atoms with van der Waals surface area (Å²) in [4.78, 5) is 0. The lowest BCUT2D eigenvalue weighted by Gasteiger charge is -2.30. The molecule has 1 atom stereocenters. The average Bonchev–Trinajstić information content (AvgIpc) is 3.00. The highest BCUT2D eigenvalue weighted by Crippen LogP contribution is 2.44. The topological polar surface area (TPSA) is 18.5 Å². The Labute approximate surface area is 156 Å². The molecule has 144 valence electrons. The van der Waals surface area contributed by atoms with Crippen molar-refractivity contribution in [2.45, 2.75) is 105 Å². The van der Waals surface area contributed by atoms with Crippen LogP contribution in [0, 0.1) is 10.8 Å². The highest BCUT2D eigenvalue weighted by molar-refractivity contribution is 5.24. The second-order valence-electron chi connectivity index (χ2n) is 10.6. The van der Waals surface area contributed by atoms with Crippen LogP contribution in [0.2, 0.25) is 0 Å². The lowest BCUT2D eigenvalue weighted by atomic mass is 9.76. The van der Waals surface area contributed by atoms with Crippen LogP contribution in [0.15, 0.2) is 23.8 Å². The lowest BCUT2D eigenvalue weighted by Crippen LogP contribution is -2.26. The molecule has 2 heteroatoms. The molecule has 0 amide bonds. The largest absolute Gasteiger partial charge is 0.374 e. The Morgan fingerprint density at radius 3 is 2.20 bits per heavy atom. The molecule has 0 aliphatic carbocycles. The van der Waals surface area contributed by atoms with E-state index in [-0.39, 0.29) is 22.0 Å². The molecule has 0 aromatic heterocycles. The van der Waals surface area contributed by atoms with Crippen molar-refractivity contribution in [3.8, 4) is 0 Å². The van der Waals surface area contributed by atoms with E-state index in [4.69, 9.17) is 9.47 Å². The van der Waals surface area contributed by atoms with Crippen LogP contribution in [0.5, 0.6) is 0 Å². The number of allylic oxidation sites excluding steroid dienone is 2. The van der Waals surface area contributed by atoms with Crippen molar-refractivity contribution in [1.29, 1.82) is 0 Å². The van der Waals surface area contributed by atoms with Crippen molar-refractivity contribution < 1.29 is 9.47 Å². The molecule has 1 unspecified atom stereocenters. The third-order valence-corrected chi connectivity index (χ3v) is 5.63. The van der Waals surface area contributed by atoms with Crippen LogP contribution in [-0.4, -0.2) is 23.9 Å². The van der Waals surface area contributed by atoms with Gasteiger partial charge >= 0.3 is 0 Å². The quantitative estimate of drug-likeness (QED) is 0.513. The molecule has 0 N–H and O–H groups in total. The molecule has 0 bridgehead atoms. The van der Waals surface area contributed by atoms with Crippen LogP contribution in [0.25, 0.3) is 0 Å². The van der Waals surface area contributed by atoms with Gasteiger partial charge in [0, 0.05) is 6.61 Å². The summed E-state index contributed by atoms with van der Waals surface area (Å²) in [6.07, 6.45) is 13.3. The highest BCUT2D eigenvalue weighted by Gasteiger charge is 2.42. The Hall–Kier alpha value is -0.600. The van der Waals surface area contributed by atoms with E-state index in [1.165, 1.54) is 31.3 Å². The van der Waals surface area contributed by atoms with Crippen LogP contribution in [0.1, 0.15) is 87.5 Å². The molecular weight excluding hydrogens is 308 g/mol. The van der Waals surface area contributed by atoms with E-state index in [0.717, 1.165) is 13.0 Å². The van der Waals surface area contributed by atoms with Crippen LogP contribution in [0.3, 0.4) is 0 Å². The van der Waals surface area contributed by atoms with Crippen LogP contribution in [0.4, 0.5) is 0 Å². The first-order valence-electron chi connectivity index (χ1n) is 10.0. The Bertz CT molecular complexity index is 514. The average molecular weight is 349 g/mol. The van der Waals surface area contributed by atoms with Gasteiger partial charge in [-0.15, -0.1) is 0 Å². The molecule has 2 aliphatic heterocycles. The molecule has 2 fully saturated rings. The van der Waals surface area contributed by atoms with Crippen molar-refractivity contribution in [2.75, 3.05) is 6.61 Å². The minimum Gasteiger partial charge on any atom is -0.374 e. The van der Waals surface area contributed by atoms with Gasteiger partial charge in [0.1, 0.15) is 0 Å². The minimum absolute atomic E-state index is 0.0469. The van der Waals surface area contributed by atoms with Crippen molar-refractivity contribution >= 4 is 0 Å². The lowest BCUT2D eigenvalue weighted by molar-refractivity contribution is -0.0569. The van der Waals surface area contributed by atoms with Gasteiger partial charge in [0.05, 0.1) is 17.3 Å².